The van der Waals surface area contributed by atoms with Crippen molar-refractivity contribution in [3.63, 3.8) is 0 Å². The van der Waals surface area contributed by atoms with Crippen LogP contribution in [0.5, 0.6) is 0 Å². The number of fused-ring (bicyclic) bond motifs is 1. The van der Waals surface area contributed by atoms with Crippen molar-refractivity contribution in [2.45, 2.75) is 11.4 Å². The molecule has 0 saturated heterocycles. The molecule has 2 heterocycles. The Morgan fingerprint density at radius 2 is 1.97 bits per heavy atom. The second-order valence-corrected chi connectivity index (χ2v) is 9.53. The van der Waals surface area contributed by atoms with E-state index in [4.69, 9.17) is 4.42 Å². The van der Waals surface area contributed by atoms with Gasteiger partial charge in [-0.15, -0.1) is 0 Å². The summed E-state index contributed by atoms with van der Waals surface area (Å²) in [5, 5.41) is 2.98. The maximum Gasteiger partial charge on any atom is 0.257 e. The largest absolute Gasteiger partial charge is 0.468 e. The Bertz CT molecular complexity index is 1300. The molecule has 0 aliphatic heterocycles. The van der Waals surface area contributed by atoms with Crippen molar-refractivity contribution in [3.8, 4) is 0 Å². The molecule has 4 aromatic rings. The van der Waals surface area contributed by atoms with Gasteiger partial charge in [-0.1, -0.05) is 11.3 Å². The third kappa shape index (κ3) is 4.11. The van der Waals surface area contributed by atoms with Crippen LogP contribution in [0, 0.1) is 5.82 Å². The minimum absolute atomic E-state index is 0.0589. The Morgan fingerprint density at radius 3 is 2.67 bits per heavy atom. The molecule has 1 amide bonds. The summed E-state index contributed by atoms with van der Waals surface area (Å²) < 4.78 is 45.7. The van der Waals surface area contributed by atoms with Crippen molar-refractivity contribution in [3.05, 3.63) is 78.0 Å². The van der Waals surface area contributed by atoms with Gasteiger partial charge in [-0.25, -0.2) is 17.8 Å². The number of rotatable bonds is 6. The molecule has 0 spiro atoms. The second kappa shape index (κ2) is 7.98. The molecule has 0 atom stereocenters. The summed E-state index contributed by atoms with van der Waals surface area (Å²) in [7, 11) is -2.29. The lowest BCUT2D eigenvalue weighted by Crippen LogP contribution is -2.26. The van der Waals surface area contributed by atoms with E-state index in [1.165, 1.54) is 60.1 Å². The van der Waals surface area contributed by atoms with Crippen LogP contribution in [0.3, 0.4) is 0 Å². The van der Waals surface area contributed by atoms with Crippen molar-refractivity contribution in [1.29, 1.82) is 0 Å². The highest BCUT2D eigenvalue weighted by molar-refractivity contribution is 7.89. The number of anilines is 1. The standard InChI is InChI=1S/C20H16FN3O4S2/c1-24(12-15-3-2-10-28-15)30(26,27)16-7-4-13(5-8-16)19(25)23-20-22-17-9-6-14(21)11-18(17)29-20/h2-11H,12H2,1H3,(H,22,23,25). The Labute approximate surface area is 175 Å². The summed E-state index contributed by atoms with van der Waals surface area (Å²) >= 11 is 1.15. The van der Waals surface area contributed by atoms with Crippen LogP contribution in [-0.2, 0) is 16.6 Å². The molecule has 0 bridgehead atoms. The number of nitrogens with zero attached hydrogens (tertiary/aromatic N) is 2. The van der Waals surface area contributed by atoms with Crippen molar-refractivity contribution >= 4 is 42.6 Å². The van der Waals surface area contributed by atoms with Gasteiger partial charge < -0.3 is 4.42 Å². The van der Waals surface area contributed by atoms with Gasteiger partial charge in [0, 0.05) is 12.6 Å². The third-order valence-electron chi connectivity index (χ3n) is 4.35. The zero-order valence-electron chi connectivity index (χ0n) is 15.7. The molecule has 30 heavy (non-hydrogen) atoms. The number of nitrogens with one attached hydrogen (secondary N) is 1. The average molecular weight is 445 g/mol. The fourth-order valence-electron chi connectivity index (χ4n) is 2.79. The van der Waals surface area contributed by atoms with Crippen molar-refractivity contribution in [2.75, 3.05) is 12.4 Å². The molecule has 2 aromatic carbocycles. The first kappa shape index (κ1) is 20.2. The molecule has 1 N–H and O–H groups in total. The molecule has 0 fully saturated rings. The molecule has 0 saturated carbocycles. The van der Waals surface area contributed by atoms with Crippen LogP contribution in [0.15, 0.2) is 70.2 Å². The lowest BCUT2D eigenvalue weighted by Gasteiger charge is -2.16. The van der Waals surface area contributed by atoms with Gasteiger partial charge in [0.05, 0.1) is 27.9 Å². The maximum absolute atomic E-state index is 13.3. The average Bonchev–Trinajstić information content (AvgIpc) is 3.37. The first-order valence-corrected chi connectivity index (χ1v) is 11.0. The van der Waals surface area contributed by atoms with Gasteiger partial charge in [0.25, 0.3) is 5.91 Å². The number of thiazole rings is 1. The van der Waals surface area contributed by atoms with E-state index >= 15 is 0 Å². The van der Waals surface area contributed by atoms with Crippen molar-refractivity contribution in [2.24, 2.45) is 0 Å². The van der Waals surface area contributed by atoms with Crippen molar-refractivity contribution < 1.29 is 22.0 Å². The predicted molar refractivity (Wildman–Crippen MR) is 111 cm³/mol. The summed E-state index contributed by atoms with van der Waals surface area (Å²) in [6.45, 7) is 0.0930. The second-order valence-electron chi connectivity index (χ2n) is 6.45. The summed E-state index contributed by atoms with van der Waals surface area (Å²) in [6, 6.07) is 13.2. The molecule has 7 nitrogen and oxygen atoms in total. The molecule has 0 aliphatic rings. The minimum Gasteiger partial charge on any atom is -0.468 e. The Morgan fingerprint density at radius 1 is 1.20 bits per heavy atom. The number of furan rings is 1. The topological polar surface area (TPSA) is 92.5 Å². The summed E-state index contributed by atoms with van der Waals surface area (Å²) in [6.07, 6.45) is 1.48. The number of benzene rings is 2. The molecule has 0 unspecified atom stereocenters. The Kier molecular flexibility index (Phi) is 5.37. The van der Waals surface area contributed by atoms with E-state index < -0.39 is 15.9 Å². The molecule has 154 valence electrons. The molecule has 10 heteroatoms. The number of carbonyl (C=O) groups excluding carboxylic acids is 1. The number of aromatic nitrogens is 1. The number of amides is 1. The highest BCUT2D eigenvalue weighted by Crippen LogP contribution is 2.27. The molecule has 2 aromatic heterocycles. The Hall–Kier alpha value is -3.08. The highest BCUT2D eigenvalue weighted by atomic mass is 32.2. The monoisotopic (exact) mass is 445 g/mol. The van der Waals surface area contributed by atoms with Gasteiger partial charge in [0.15, 0.2) is 5.13 Å². The van der Waals surface area contributed by atoms with E-state index in [1.54, 1.807) is 12.1 Å². The quantitative estimate of drug-likeness (QED) is 0.482. The van der Waals surface area contributed by atoms with Crippen LogP contribution >= 0.6 is 11.3 Å². The predicted octanol–water partition coefficient (Wildman–Crippen LogP) is 4.10. The van der Waals surface area contributed by atoms with Crippen LogP contribution in [0.25, 0.3) is 10.2 Å². The lowest BCUT2D eigenvalue weighted by atomic mass is 10.2. The molecule has 0 aliphatic carbocycles. The number of carbonyl (C=O) groups is 1. The number of hydrogen-bond acceptors (Lipinski definition) is 6. The molecule has 4 rings (SSSR count). The number of sulfonamides is 1. The Balaban J connectivity index is 1.48. The van der Waals surface area contributed by atoms with E-state index in [-0.39, 0.29) is 22.8 Å². The van der Waals surface area contributed by atoms with Gasteiger partial charge in [-0.3, -0.25) is 10.1 Å². The highest BCUT2D eigenvalue weighted by Gasteiger charge is 2.22. The van der Waals surface area contributed by atoms with E-state index in [1.807, 2.05) is 0 Å². The van der Waals surface area contributed by atoms with Crippen LogP contribution in [-0.4, -0.2) is 30.7 Å². The molecular formula is C20H16FN3O4S2. The first-order valence-electron chi connectivity index (χ1n) is 8.79. The maximum atomic E-state index is 13.3. The fraction of sp³-hybridized carbons (Fsp3) is 0.100. The van der Waals surface area contributed by atoms with Gasteiger partial charge in [-0.05, 0) is 54.6 Å². The summed E-state index contributed by atoms with van der Waals surface area (Å²) in [4.78, 5) is 16.8. The smallest absolute Gasteiger partial charge is 0.257 e. The van der Waals surface area contributed by atoms with Crippen molar-refractivity contribution in [1.82, 2.24) is 9.29 Å². The number of halogens is 1. The van der Waals surface area contributed by atoms with E-state index in [0.717, 1.165) is 11.3 Å². The third-order valence-corrected chi connectivity index (χ3v) is 7.11. The fourth-order valence-corrected chi connectivity index (χ4v) is 4.81. The zero-order chi connectivity index (χ0) is 21.3. The normalized spacial score (nSPS) is 11.8. The first-order chi connectivity index (χ1) is 14.3. The van der Waals surface area contributed by atoms with Crippen LogP contribution < -0.4 is 5.32 Å². The van der Waals surface area contributed by atoms with E-state index in [0.29, 0.717) is 21.1 Å². The van der Waals surface area contributed by atoms with Gasteiger partial charge in [0.2, 0.25) is 10.0 Å². The van der Waals surface area contributed by atoms with Crippen LogP contribution in [0.4, 0.5) is 9.52 Å². The van der Waals surface area contributed by atoms with E-state index in [9.17, 15) is 17.6 Å². The van der Waals surface area contributed by atoms with Gasteiger partial charge in [0.1, 0.15) is 11.6 Å². The van der Waals surface area contributed by atoms with Crippen LogP contribution in [0.2, 0.25) is 0 Å². The summed E-state index contributed by atoms with van der Waals surface area (Å²) in [5.41, 5.74) is 0.853. The van der Waals surface area contributed by atoms with Gasteiger partial charge >= 0.3 is 0 Å². The molecular weight excluding hydrogens is 429 g/mol. The molecule has 0 radical (unpaired) electrons. The van der Waals surface area contributed by atoms with Crippen LogP contribution in [0.1, 0.15) is 16.1 Å². The zero-order valence-corrected chi connectivity index (χ0v) is 17.3. The SMILES string of the molecule is CN(Cc1ccco1)S(=O)(=O)c1ccc(C(=O)Nc2nc3ccc(F)cc3s2)cc1. The van der Waals surface area contributed by atoms with E-state index in [2.05, 4.69) is 10.3 Å². The van der Waals surface area contributed by atoms with Gasteiger partial charge in [-0.2, -0.15) is 4.31 Å². The minimum atomic E-state index is -3.74. The summed E-state index contributed by atoms with van der Waals surface area (Å²) in [5.74, 6) is -0.298. The lowest BCUT2D eigenvalue weighted by molar-refractivity contribution is 0.102. The number of hydrogen-bond donors (Lipinski definition) is 1.